The van der Waals surface area contributed by atoms with Gasteiger partial charge in [-0.15, -0.1) is 0 Å². The van der Waals surface area contributed by atoms with Gasteiger partial charge in [0.25, 0.3) is 0 Å². The lowest BCUT2D eigenvalue weighted by Crippen LogP contribution is -2.32. The van der Waals surface area contributed by atoms with Crippen molar-refractivity contribution in [3.8, 4) is 0 Å². The fraction of sp³-hybridized carbons (Fsp3) is 0.500. The molecular formula is C12H17ClFNO. The first kappa shape index (κ1) is 13.4. The molecule has 0 bridgehead atoms. The van der Waals surface area contributed by atoms with Crippen molar-refractivity contribution in [3.63, 3.8) is 0 Å². The van der Waals surface area contributed by atoms with E-state index >= 15 is 0 Å². The van der Waals surface area contributed by atoms with Gasteiger partial charge in [0, 0.05) is 17.7 Å². The molecule has 16 heavy (non-hydrogen) atoms. The minimum Gasteiger partial charge on any atom is -0.380 e. The van der Waals surface area contributed by atoms with Crippen LogP contribution in [0.4, 0.5) is 4.39 Å². The topological polar surface area (TPSA) is 21.3 Å². The van der Waals surface area contributed by atoms with Crippen molar-refractivity contribution in [1.29, 1.82) is 0 Å². The summed E-state index contributed by atoms with van der Waals surface area (Å²) in [5.74, 6) is -0.259. The van der Waals surface area contributed by atoms with Gasteiger partial charge < -0.3 is 10.1 Å². The van der Waals surface area contributed by atoms with E-state index in [1.165, 1.54) is 12.1 Å². The van der Waals surface area contributed by atoms with Gasteiger partial charge in [-0.1, -0.05) is 11.6 Å². The van der Waals surface area contributed by atoms with E-state index in [1.54, 1.807) is 6.07 Å². The molecule has 2 nitrogen and oxygen atoms in total. The Balaban J connectivity index is 2.65. The molecule has 0 fully saturated rings. The number of nitrogens with one attached hydrogen (secondary N) is 1. The summed E-state index contributed by atoms with van der Waals surface area (Å²) in [6.45, 7) is 3.22. The minimum absolute atomic E-state index is 0.152. The van der Waals surface area contributed by atoms with Crippen LogP contribution in [-0.4, -0.2) is 26.3 Å². The fourth-order valence-corrected chi connectivity index (χ4v) is 1.66. The summed E-state index contributed by atoms with van der Waals surface area (Å²) < 4.78 is 18.4. The first-order valence-electron chi connectivity index (χ1n) is 5.36. The van der Waals surface area contributed by atoms with Crippen molar-refractivity contribution in [2.75, 3.05) is 20.3 Å². The predicted molar refractivity (Wildman–Crippen MR) is 64.5 cm³/mol. The lowest BCUT2D eigenvalue weighted by Gasteiger charge is -2.16. The van der Waals surface area contributed by atoms with E-state index in [-0.39, 0.29) is 11.9 Å². The van der Waals surface area contributed by atoms with Gasteiger partial charge in [-0.2, -0.15) is 0 Å². The maximum absolute atomic E-state index is 13.0. The molecule has 1 rings (SSSR count). The number of benzene rings is 1. The average molecular weight is 246 g/mol. The lowest BCUT2D eigenvalue weighted by molar-refractivity contribution is 0.125. The Bertz CT molecular complexity index is 333. The van der Waals surface area contributed by atoms with Crippen LogP contribution in [0.25, 0.3) is 0 Å². The van der Waals surface area contributed by atoms with E-state index in [9.17, 15) is 4.39 Å². The molecule has 0 saturated carbocycles. The zero-order valence-corrected chi connectivity index (χ0v) is 10.4. The molecule has 0 saturated heterocycles. The van der Waals surface area contributed by atoms with Crippen LogP contribution in [0, 0.1) is 5.82 Å². The van der Waals surface area contributed by atoms with E-state index in [4.69, 9.17) is 16.3 Å². The molecular weight excluding hydrogens is 229 g/mol. The van der Waals surface area contributed by atoms with Crippen LogP contribution in [0.5, 0.6) is 0 Å². The lowest BCUT2D eigenvalue weighted by atomic mass is 10.1. The monoisotopic (exact) mass is 245 g/mol. The number of hydrogen-bond donors (Lipinski definition) is 1. The molecule has 0 aromatic heterocycles. The maximum Gasteiger partial charge on any atom is 0.123 e. The third-order valence-corrected chi connectivity index (χ3v) is 2.77. The maximum atomic E-state index is 13.0. The summed E-state index contributed by atoms with van der Waals surface area (Å²) in [5, 5.41) is 3.72. The third-order valence-electron chi connectivity index (χ3n) is 2.41. The van der Waals surface area contributed by atoms with Crippen molar-refractivity contribution in [3.05, 3.63) is 34.6 Å². The molecule has 0 aliphatic carbocycles. The Labute approximate surface area is 101 Å². The first-order chi connectivity index (χ1) is 7.67. The third kappa shape index (κ3) is 4.08. The summed E-state index contributed by atoms with van der Waals surface area (Å²) in [4.78, 5) is 0. The summed E-state index contributed by atoms with van der Waals surface area (Å²) >= 11 is 6.00. The minimum atomic E-state index is -0.259. The van der Waals surface area contributed by atoms with Crippen LogP contribution in [0.1, 0.15) is 12.5 Å². The molecule has 1 N–H and O–H groups in total. The Hall–Kier alpha value is -0.640. The van der Waals surface area contributed by atoms with Gasteiger partial charge in [0.15, 0.2) is 0 Å². The van der Waals surface area contributed by atoms with Crippen molar-refractivity contribution < 1.29 is 9.13 Å². The molecule has 1 aromatic rings. The van der Waals surface area contributed by atoms with E-state index < -0.39 is 0 Å². The average Bonchev–Trinajstić information content (AvgIpc) is 2.28. The van der Waals surface area contributed by atoms with Crippen molar-refractivity contribution >= 4 is 11.6 Å². The molecule has 0 aliphatic heterocycles. The predicted octanol–water partition coefficient (Wildman–Crippen LogP) is 2.65. The van der Waals surface area contributed by atoms with Gasteiger partial charge in [-0.25, -0.2) is 4.39 Å². The first-order valence-corrected chi connectivity index (χ1v) is 5.74. The molecule has 4 heteroatoms. The highest BCUT2D eigenvalue weighted by molar-refractivity contribution is 6.31. The molecule has 0 radical (unpaired) electrons. The van der Waals surface area contributed by atoms with Crippen LogP contribution in [-0.2, 0) is 11.2 Å². The van der Waals surface area contributed by atoms with Crippen LogP contribution in [0.15, 0.2) is 18.2 Å². The van der Waals surface area contributed by atoms with Gasteiger partial charge in [-0.3, -0.25) is 0 Å². The number of rotatable bonds is 6. The Morgan fingerprint density at radius 3 is 2.88 bits per heavy atom. The molecule has 0 heterocycles. The van der Waals surface area contributed by atoms with Crippen LogP contribution in [0.3, 0.4) is 0 Å². The van der Waals surface area contributed by atoms with Crippen molar-refractivity contribution in [2.24, 2.45) is 0 Å². The Kier molecular flexibility index (Phi) is 5.74. The summed E-state index contributed by atoms with van der Waals surface area (Å²) in [6, 6.07) is 4.57. The fourth-order valence-electron chi connectivity index (χ4n) is 1.47. The van der Waals surface area contributed by atoms with E-state index in [0.717, 1.165) is 5.56 Å². The highest BCUT2D eigenvalue weighted by atomic mass is 35.5. The molecule has 0 amide bonds. The van der Waals surface area contributed by atoms with E-state index in [1.807, 2.05) is 14.0 Å². The number of halogens is 2. The van der Waals surface area contributed by atoms with Crippen LogP contribution < -0.4 is 5.32 Å². The second-order valence-electron chi connectivity index (χ2n) is 3.58. The second-order valence-corrected chi connectivity index (χ2v) is 3.99. The zero-order valence-electron chi connectivity index (χ0n) is 9.59. The summed E-state index contributed by atoms with van der Waals surface area (Å²) in [7, 11) is 1.86. The van der Waals surface area contributed by atoms with Gasteiger partial charge in [0.1, 0.15) is 5.82 Å². The SMILES string of the molecule is CCOCC(Cc1cc(F)ccc1Cl)NC. The number of likely N-dealkylation sites (N-methyl/N-ethyl adjacent to an activating group) is 1. The molecule has 1 atom stereocenters. The highest BCUT2D eigenvalue weighted by Crippen LogP contribution is 2.18. The van der Waals surface area contributed by atoms with Crippen molar-refractivity contribution in [1.82, 2.24) is 5.32 Å². The van der Waals surface area contributed by atoms with Crippen LogP contribution in [0.2, 0.25) is 5.02 Å². The highest BCUT2D eigenvalue weighted by Gasteiger charge is 2.10. The van der Waals surface area contributed by atoms with Gasteiger partial charge >= 0.3 is 0 Å². The quantitative estimate of drug-likeness (QED) is 0.832. The van der Waals surface area contributed by atoms with Gasteiger partial charge in [-0.05, 0) is 44.2 Å². The summed E-state index contributed by atoms with van der Waals surface area (Å²) in [5.41, 5.74) is 0.806. The number of hydrogen-bond acceptors (Lipinski definition) is 2. The molecule has 0 spiro atoms. The summed E-state index contributed by atoms with van der Waals surface area (Å²) in [6.07, 6.45) is 0.660. The standard InChI is InChI=1S/C12H17ClFNO/c1-3-16-8-11(15-2)7-9-6-10(14)4-5-12(9)13/h4-6,11,15H,3,7-8H2,1-2H3. The molecule has 0 aliphatic rings. The smallest absolute Gasteiger partial charge is 0.123 e. The van der Waals surface area contributed by atoms with Crippen molar-refractivity contribution in [2.45, 2.75) is 19.4 Å². The molecule has 1 unspecified atom stereocenters. The number of ether oxygens (including phenoxy) is 1. The Morgan fingerprint density at radius 1 is 1.50 bits per heavy atom. The van der Waals surface area contributed by atoms with Crippen LogP contribution >= 0.6 is 11.6 Å². The van der Waals surface area contributed by atoms with Gasteiger partial charge in [0.05, 0.1) is 6.61 Å². The van der Waals surface area contributed by atoms with E-state index in [2.05, 4.69) is 5.32 Å². The zero-order chi connectivity index (χ0) is 12.0. The second kappa shape index (κ2) is 6.84. The normalized spacial score (nSPS) is 12.8. The molecule has 1 aromatic carbocycles. The largest absolute Gasteiger partial charge is 0.380 e. The van der Waals surface area contributed by atoms with E-state index in [0.29, 0.717) is 24.7 Å². The molecule has 90 valence electrons. The van der Waals surface area contributed by atoms with Gasteiger partial charge in [0.2, 0.25) is 0 Å². The Morgan fingerprint density at radius 2 is 2.25 bits per heavy atom.